The molecule has 4 heteroatoms. The van der Waals surface area contributed by atoms with Crippen LogP contribution in [0.3, 0.4) is 0 Å². The number of aromatic nitrogens is 1. The molecule has 0 spiro atoms. The van der Waals surface area contributed by atoms with Crippen molar-refractivity contribution in [2.24, 2.45) is 5.73 Å². The highest BCUT2D eigenvalue weighted by Gasteiger charge is 2.27. The van der Waals surface area contributed by atoms with E-state index in [0.717, 1.165) is 36.5 Å². The Morgan fingerprint density at radius 1 is 1.27 bits per heavy atom. The van der Waals surface area contributed by atoms with Crippen molar-refractivity contribution in [2.45, 2.75) is 32.9 Å². The number of nitrogens with zero attached hydrogens (tertiary/aromatic N) is 2. The summed E-state index contributed by atoms with van der Waals surface area (Å²) in [5.41, 5.74) is 10.1. The van der Waals surface area contributed by atoms with Crippen molar-refractivity contribution in [3.05, 3.63) is 58.9 Å². The molecule has 1 aliphatic rings. The maximum absolute atomic E-state index is 12.7. The van der Waals surface area contributed by atoms with Gasteiger partial charge in [-0.05, 0) is 31.9 Å². The van der Waals surface area contributed by atoms with Gasteiger partial charge in [-0.3, -0.25) is 4.79 Å². The summed E-state index contributed by atoms with van der Waals surface area (Å²) in [6.07, 6.45) is 0.897. The number of benzene rings is 1. The van der Waals surface area contributed by atoms with Gasteiger partial charge in [-0.15, -0.1) is 0 Å². The molecule has 2 aromatic rings. The third-order valence-electron chi connectivity index (χ3n) is 4.50. The normalized spacial score (nSPS) is 18.0. The number of amides is 1. The van der Waals surface area contributed by atoms with Gasteiger partial charge in [0.15, 0.2) is 0 Å². The quantitative estimate of drug-likeness (QED) is 0.945. The monoisotopic (exact) mass is 297 g/mol. The van der Waals surface area contributed by atoms with Gasteiger partial charge in [-0.2, -0.15) is 0 Å². The van der Waals surface area contributed by atoms with Crippen LogP contribution in [-0.4, -0.2) is 34.5 Å². The van der Waals surface area contributed by atoms with Crippen LogP contribution in [0.15, 0.2) is 36.4 Å². The zero-order chi connectivity index (χ0) is 15.7. The number of carbonyl (C=O) groups excluding carboxylic acids is 1. The molecule has 1 amide bonds. The van der Waals surface area contributed by atoms with Gasteiger partial charge in [-0.25, -0.2) is 0 Å². The van der Waals surface area contributed by atoms with E-state index >= 15 is 0 Å². The summed E-state index contributed by atoms with van der Waals surface area (Å²) in [6.45, 7) is 6.32. The van der Waals surface area contributed by atoms with E-state index in [2.05, 4.69) is 23.6 Å². The summed E-state index contributed by atoms with van der Waals surface area (Å²) in [5, 5.41) is 0. The van der Waals surface area contributed by atoms with Gasteiger partial charge in [0.05, 0.1) is 5.56 Å². The number of hydrogen-bond acceptors (Lipinski definition) is 2. The van der Waals surface area contributed by atoms with Gasteiger partial charge < -0.3 is 15.2 Å². The third kappa shape index (κ3) is 2.79. The van der Waals surface area contributed by atoms with Crippen LogP contribution in [0, 0.1) is 13.8 Å². The van der Waals surface area contributed by atoms with Gasteiger partial charge >= 0.3 is 0 Å². The largest absolute Gasteiger partial charge is 0.344 e. The Morgan fingerprint density at radius 2 is 2.00 bits per heavy atom. The van der Waals surface area contributed by atoms with Crippen LogP contribution in [-0.2, 0) is 6.54 Å². The average molecular weight is 297 g/mol. The molecule has 0 aliphatic carbocycles. The second kappa shape index (κ2) is 5.97. The van der Waals surface area contributed by atoms with Gasteiger partial charge in [0, 0.05) is 37.1 Å². The standard InChI is InChI=1S/C18H23N3O/c1-13-10-17(18(22)20-9-8-16(19)12-20)14(2)21(13)11-15-6-4-3-5-7-15/h3-7,10,16H,8-9,11-12,19H2,1-2H3/t16-/m1/s1. The molecule has 1 atom stereocenters. The maximum atomic E-state index is 12.7. The molecule has 0 saturated carbocycles. The SMILES string of the molecule is Cc1cc(C(=O)N2CC[C@@H](N)C2)c(C)n1Cc1ccccc1. The molecular weight excluding hydrogens is 274 g/mol. The van der Waals surface area contributed by atoms with Crippen LogP contribution in [0.25, 0.3) is 0 Å². The van der Waals surface area contributed by atoms with Gasteiger partial charge in [0.25, 0.3) is 5.91 Å². The highest BCUT2D eigenvalue weighted by molar-refractivity contribution is 5.96. The van der Waals surface area contributed by atoms with E-state index in [1.54, 1.807) is 0 Å². The first kappa shape index (κ1) is 14.9. The Kier molecular flexibility index (Phi) is 4.03. The molecule has 1 aromatic carbocycles. The van der Waals surface area contributed by atoms with E-state index in [1.807, 2.05) is 36.1 Å². The van der Waals surface area contributed by atoms with Crippen molar-refractivity contribution < 1.29 is 4.79 Å². The summed E-state index contributed by atoms with van der Waals surface area (Å²) in [6, 6.07) is 12.5. The molecule has 22 heavy (non-hydrogen) atoms. The molecule has 4 nitrogen and oxygen atoms in total. The summed E-state index contributed by atoms with van der Waals surface area (Å²) in [5.74, 6) is 0.111. The van der Waals surface area contributed by atoms with Crippen molar-refractivity contribution in [3.8, 4) is 0 Å². The molecule has 1 saturated heterocycles. The fraction of sp³-hybridized carbons (Fsp3) is 0.389. The molecule has 0 bridgehead atoms. The second-order valence-electron chi connectivity index (χ2n) is 6.16. The van der Waals surface area contributed by atoms with E-state index in [0.29, 0.717) is 6.54 Å². The Bertz CT molecular complexity index is 675. The number of likely N-dealkylation sites (tertiary alicyclic amines) is 1. The molecule has 0 radical (unpaired) electrons. The zero-order valence-corrected chi connectivity index (χ0v) is 13.2. The Balaban J connectivity index is 1.85. The minimum absolute atomic E-state index is 0.111. The summed E-state index contributed by atoms with van der Waals surface area (Å²) < 4.78 is 2.21. The minimum atomic E-state index is 0.111. The first-order valence-corrected chi connectivity index (χ1v) is 7.82. The van der Waals surface area contributed by atoms with Gasteiger partial charge in [0.1, 0.15) is 0 Å². The van der Waals surface area contributed by atoms with E-state index in [4.69, 9.17) is 5.73 Å². The number of carbonyl (C=O) groups is 1. The zero-order valence-electron chi connectivity index (χ0n) is 13.2. The van der Waals surface area contributed by atoms with E-state index in [9.17, 15) is 4.79 Å². The van der Waals surface area contributed by atoms with Crippen LogP contribution < -0.4 is 5.73 Å². The highest BCUT2D eigenvalue weighted by Crippen LogP contribution is 2.20. The van der Waals surface area contributed by atoms with Crippen LogP contribution in [0.2, 0.25) is 0 Å². The van der Waals surface area contributed by atoms with Crippen molar-refractivity contribution in [1.29, 1.82) is 0 Å². The lowest BCUT2D eigenvalue weighted by molar-refractivity contribution is 0.0790. The summed E-state index contributed by atoms with van der Waals surface area (Å²) >= 11 is 0. The van der Waals surface area contributed by atoms with Gasteiger partial charge in [0.2, 0.25) is 0 Å². The topological polar surface area (TPSA) is 51.3 Å². The molecular formula is C18H23N3O. The number of hydrogen-bond donors (Lipinski definition) is 1. The predicted octanol–water partition coefficient (Wildman–Crippen LogP) is 2.33. The number of nitrogens with two attached hydrogens (primary N) is 1. The Labute approximate surface area is 131 Å². The smallest absolute Gasteiger partial charge is 0.255 e. The molecule has 1 aliphatic heterocycles. The lowest BCUT2D eigenvalue weighted by atomic mass is 10.2. The number of rotatable bonds is 3. The molecule has 2 N–H and O–H groups in total. The van der Waals surface area contributed by atoms with Crippen LogP contribution in [0.4, 0.5) is 0 Å². The van der Waals surface area contributed by atoms with E-state index in [-0.39, 0.29) is 11.9 Å². The molecule has 3 rings (SSSR count). The Hall–Kier alpha value is -2.07. The fourth-order valence-electron chi connectivity index (χ4n) is 3.17. The lowest BCUT2D eigenvalue weighted by Crippen LogP contribution is -2.32. The second-order valence-corrected chi connectivity index (χ2v) is 6.16. The van der Waals surface area contributed by atoms with Crippen molar-refractivity contribution in [2.75, 3.05) is 13.1 Å². The Morgan fingerprint density at radius 3 is 2.64 bits per heavy atom. The highest BCUT2D eigenvalue weighted by atomic mass is 16.2. The average Bonchev–Trinajstić information content (AvgIpc) is 3.06. The number of aryl methyl sites for hydroxylation is 1. The van der Waals surface area contributed by atoms with Crippen LogP contribution >= 0.6 is 0 Å². The predicted molar refractivity (Wildman–Crippen MR) is 87.9 cm³/mol. The molecule has 2 heterocycles. The first-order valence-electron chi connectivity index (χ1n) is 7.82. The minimum Gasteiger partial charge on any atom is -0.344 e. The maximum Gasteiger partial charge on any atom is 0.255 e. The summed E-state index contributed by atoms with van der Waals surface area (Å²) in [4.78, 5) is 14.6. The third-order valence-corrected chi connectivity index (χ3v) is 4.50. The van der Waals surface area contributed by atoms with Gasteiger partial charge in [-0.1, -0.05) is 30.3 Å². The van der Waals surface area contributed by atoms with Crippen molar-refractivity contribution in [1.82, 2.24) is 9.47 Å². The molecule has 1 fully saturated rings. The van der Waals surface area contributed by atoms with Crippen molar-refractivity contribution >= 4 is 5.91 Å². The fourth-order valence-corrected chi connectivity index (χ4v) is 3.17. The molecule has 0 unspecified atom stereocenters. The summed E-state index contributed by atoms with van der Waals surface area (Å²) in [7, 11) is 0. The van der Waals surface area contributed by atoms with Crippen LogP contribution in [0.5, 0.6) is 0 Å². The van der Waals surface area contributed by atoms with E-state index in [1.165, 1.54) is 5.56 Å². The molecule has 116 valence electrons. The first-order chi connectivity index (χ1) is 10.6. The van der Waals surface area contributed by atoms with Crippen LogP contribution in [0.1, 0.15) is 33.7 Å². The van der Waals surface area contributed by atoms with Crippen molar-refractivity contribution in [3.63, 3.8) is 0 Å². The molecule has 1 aromatic heterocycles. The lowest BCUT2D eigenvalue weighted by Gasteiger charge is -2.16. The van der Waals surface area contributed by atoms with E-state index < -0.39 is 0 Å².